The third kappa shape index (κ3) is 8.28. The molecule has 10 nitrogen and oxygen atoms in total. The van der Waals surface area contributed by atoms with Gasteiger partial charge >= 0.3 is 18.5 Å². The number of nitrogens with zero attached hydrogens (tertiary/aromatic N) is 3. The summed E-state index contributed by atoms with van der Waals surface area (Å²) in [6, 6.07) is 5.51. The first-order chi connectivity index (χ1) is 24.0. The normalized spacial score (nSPS) is 19.7. The summed E-state index contributed by atoms with van der Waals surface area (Å²) in [7, 11) is -4.01. The van der Waals surface area contributed by atoms with Crippen molar-refractivity contribution < 1.29 is 58.6 Å². The number of rotatable bonds is 9. The number of piperidine rings is 2. The molecule has 0 radical (unpaired) electrons. The highest BCUT2D eigenvalue weighted by atomic mass is 32.2. The van der Waals surface area contributed by atoms with E-state index in [9.17, 15) is 53.8 Å². The van der Waals surface area contributed by atoms with Gasteiger partial charge in [-0.3, -0.25) is 14.6 Å². The van der Waals surface area contributed by atoms with Crippen molar-refractivity contribution in [3.05, 3.63) is 69.1 Å². The Balaban J connectivity index is 1.27. The number of hydrogen-bond donors (Lipinski definition) is 2. The van der Waals surface area contributed by atoms with Crippen LogP contribution in [-0.4, -0.2) is 96.7 Å². The minimum atomic E-state index is -5.15. The molecule has 5 rings (SSSR count). The van der Waals surface area contributed by atoms with Crippen LogP contribution < -0.4 is 10.1 Å². The lowest BCUT2D eigenvalue weighted by molar-refractivity contribution is -0.153. The van der Waals surface area contributed by atoms with Crippen LogP contribution in [0.5, 0.6) is 5.75 Å². The number of halogens is 7. The molecule has 2 aromatic rings. The summed E-state index contributed by atoms with van der Waals surface area (Å²) in [6.45, 7) is 3.76. The van der Waals surface area contributed by atoms with Crippen LogP contribution in [0.25, 0.3) is 6.08 Å². The molecule has 0 aromatic heterocycles. The molecule has 0 bridgehead atoms. The number of likely N-dealkylation sites (tertiary alicyclic amines) is 1. The van der Waals surface area contributed by atoms with E-state index in [-0.39, 0.29) is 43.2 Å². The number of sulfonamides is 1. The summed E-state index contributed by atoms with van der Waals surface area (Å²) in [5, 5.41) is 13.6. The van der Waals surface area contributed by atoms with Gasteiger partial charge in [-0.2, -0.15) is 26.3 Å². The number of aliphatic hydroxyl groups is 1. The number of nitrogens with one attached hydrogen (secondary N) is 1. The standard InChI is InChI=1S/C34H37F7N4O6S/c1-20-16-23(28(46)44-11-7-31(3,48)8-12-44)17-21(2)24(20)6-15-52(49,50)45-13-9-32(10-14-45)30(47)42-27(43-32)22-4-5-26(25(18-22)34(39,40)41)51-19-33(37,38)29(35)36/h4-6,15-18,29,48H,7-14,19H2,1-3H3,(H,42,43,47). The maximum absolute atomic E-state index is 13.8. The molecule has 18 heteroatoms. The quantitative estimate of drug-likeness (QED) is 0.334. The Bertz CT molecular complexity index is 1870. The fourth-order valence-corrected chi connectivity index (χ4v) is 7.51. The molecular formula is C34H37F7N4O6S. The molecule has 0 saturated carbocycles. The highest BCUT2D eigenvalue weighted by molar-refractivity contribution is 7.92. The van der Waals surface area contributed by atoms with Gasteiger partial charge in [0.05, 0.1) is 11.2 Å². The third-order valence-electron chi connectivity index (χ3n) is 9.56. The Morgan fingerprint density at radius 3 is 2.17 bits per heavy atom. The van der Waals surface area contributed by atoms with Crippen molar-refractivity contribution in [1.29, 1.82) is 0 Å². The highest BCUT2D eigenvalue weighted by Crippen LogP contribution is 2.39. The van der Waals surface area contributed by atoms with Crippen LogP contribution in [0.3, 0.4) is 0 Å². The maximum atomic E-state index is 13.8. The maximum Gasteiger partial charge on any atom is 0.419 e. The number of ether oxygens (including phenoxy) is 1. The molecule has 0 atom stereocenters. The summed E-state index contributed by atoms with van der Waals surface area (Å²) in [5.41, 5.74) is -1.74. The second kappa shape index (κ2) is 14.1. The number of carbonyl (C=O) groups is 2. The van der Waals surface area contributed by atoms with Crippen LogP contribution in [0.4, 0.5) is 30.7 Å². The average Bonchev–Trinajstić information content (AvgIpc) is 3.37. The number of amidine groups is 1. The van der Waals surface area contributed by atoms with E-state index in [2.05, 4.69) is 15.0 Å². The zero-order chi connectivity index (χ0) is 38.4. The third-order valence-corrected chi connectivity index (χ3v) is 11.1. The van der Waals surface area contributed by atoms with E-state index in [1.807, 2.05) is 0 Å². The van der Waals surface area contributed by atoms with Crippen LogP contribution >= 0.6 is 0 Å². The Labute approximate surface area is 295 Å². The number of aliphatic imine (C=N–C) groups is 1. The Morgan fingerprint density at radius 1 is 1.02 bits per heavy atom. The van der Waals surface area contributed by atoms with Crippen LogP contribution in [0.1, 0.15) is 70.8 Å². The van der Waals surface area contributed by atoms with Crippen molar-refractivity contribution in [1.82, 2.24) is 14.5 Å². The van der Waals surface area contributed by atoms with E-state index >= 15 is 0 Å². The molecule has 1 spiro atoms. The van der Waals surface area contributed by atoms with E-state index in [0.29, 0.717) is 60.3 Å². The zero-order valence-corrected chi connectivity index (χ0v) is 29.2. The summed E-state index contributed by atoms with van der Waals surface area (Å²) < 4.78 is 125. The first-order valence-electron chi connectivity index (χ1n) is 16.3. The van der Waals surface area contributed by atoms with Crippen molar-refractivity contribution in [3.8, 4) is 5.75 Å². The van der Waals surface area contributed by atoms with Crippen molar-refractivity contribution >= 4 is 33.7 Å². The second-order valence-electron chi connectivity index (χ2n) is 13.6. The largest absolute Gasteiger partial charge is 0.486 e. The predicted molar refractivity (Wildman–Crippen MR) is 176 cm³/mol. The SMILES string of the molecule is Cc1cc(C(=O)N2CCC(C)(O)CC2)cc(C)c1C=CS(=O)(=O)N1CCC2(CC1)N=C(c1ccc(OCC(F)(F)C(F)F)c(C(F)(F)F)c1)NC2=O. The van der Waals surface area contributed by atoms with Crippen molar-refractivity contribution in [2.75, 3.05) is 32.8 Å². The van der Waals surface area contributed by atoms with Crippen LogP contribution in [0.2, 0.25) is 0 Å². The van der Waals surface area contributed by atoms with E-state index in [4.69, 9.17) is 0 Å². The molecule has 0 aliphatic carbocycles. The second-order valence-corrected chi connectivity index (χ2v) is 15.4. The van der Waals surface area contributed by atoms with Gasteiger partial charge in [-0.05, 0) is 99.6 Å². The molecular weight excluding hydrogens is 725 g/mol. The van der Waals surface area contributed by atoms with E-state index in [1.165, 1.54) is 6.08 Å². The Kier molecular flexibility index (Phi) is 10.6. The lowest BCUT2D eigenvalue weighted by Gasteiger charge is -2.36. The van der Waals surface area contributed by atoms with E-state index < -0.39 is 63.5 Å². The summed E-state index contributed by atoms with van der Waals surface area (Å²) in [5.74, 6) is -6.94. The van der Waals surface area contributed by atoms with Gasteiger partial charge in [0, 0.05) is 42.7 Å². The van der Waals surface area contributed by atoms with Crippen LogP contribution in [-0.2, 0) is 21.0 Å². The number of alkyl halides is 7. The molecule has 2 saturated heterocycles. The number of amides is 2. The molecule has 52 heavy (non-hydrogen) atoms. The van der Waals surface area contributed by atoms with Crippen LogP contribution in [0, 0.1) is 13.8 Å². The van der Waals surface area contributed by atoms with Crippen molar-refractivity contribution in [2.24, 2.45) is 4.99 Å². The molecule has 2 amide bonds. The van der Waals surface area contributed by atoms with E-state index in [0.717, 1.165) is 15.8 Å². The average molecular weight is 763 g/mol. The first kappa shape index (κ1) is 39.2. The summed E-state index contributed by atoms with van der Waals surface area (Å²) in [4.78, 5) is 32.2. The molecule has 2 aromatic carbocycles. The van der Waals surface area contributed by atoms with E-state index in [1.54, 1.807) is 37.8 Å². The summed E-state index contributed by atoms with van der Waals surface area (Å²) >= 11 is 0. The van der Waals surface area contributed by atoms with Gasteiger partial charge in [0.2, 0.25) is 10.0 Å². The van der Waals surface area contributed by atoms with Crippen molar-refractivity contribution in [3.63, 3.8) is 0 Å². The predicted octanol–water partition coefficient (Wildman–Crippen LogP) is 5.30. The highest BCUT2D eigenvalue weighted by Gasteiger charge is 2.48. The zero-order valence-electron chi connectivity index (χ0n) is 28.4. The van der Waals surface area contributed by atoms with Gasteiger partial charge in [0.1, 0.15) is 17.1 Å². The minimum Gasteiger partial charge on any atom is -0.486 e. The lowest BCUT2D eigenvalue weighted by Crippen LogP contribution is -2.50. The summed E-state index contributed by atoms with van der Waals surface area (Å²) in [6.07, 6.45) is -7.17. The molecule has 2 fully saturated rings. The lowest BCUT2D eigenvalue weighted by atomic mass is 9.89. The van der Waals surface area contributed by atoms with Gasteiger partial charge < -0.3 is 20.1 Å². The monoisotopic (exact) mass is 762 g/mol. The fraction of sp³-hybridized carbons (Fsp3) is 0.500. The fourth-order valence-electron chi connectivity index (χ4n) is 6.34. The van der Waals surface area contributed by atoms with Crippen LogP contribution in [0.15, 0.2) is 40.7 Å². The molecule has 3 aliphatic rings. The number of hydrogen-bond acceptors (Lipinski definition) is 7. The number of carbonyl (C=O) groups excluding carboxylic acids is 2. The van der Waals surface area contributed by atoms with Gasteiger partial charge in [-0.25, -0.2) is 17.2 Å². The molecule has 3 heterocycles. The topological polar surface area (TPSA) is 129 Å². The van der Waals surface area contributed by atoms with Gasteiger partial charge in [-0.15, -0.1) is 0 Å². The van der Waals surface area contributed by atoms with Crippen molar-refractivity contribution in [2.45, 2.75) is 76.1 Å². The van der Waals surface area contributed by atoms with Gasteiger partial charge in [0.25, 0.3) is 11.8 Å². The minimum absolute atomic E-state index is 0.105. The Morgan fingerprint density at radius 2 is 1.62 bits per heavy atom. The Hall–Kier alpha value is -4.03. The first-order valence-corrected chi connectivity index (χ1v) is 17.8. The van der Waals surface area contributed by atoms with Gasteiger partial charge in [-0.1, -0.05) is 0 Å². The van der Waals surface area contributed by atoms with Gasteiger partial charge in [0.15, 0.2) is 6.61 Å². The molecule has 3 aliphatic heterocycles. The number of benzene rings is 2. The molecule has 284 valence electrons. The molecule has 0 unspecified atom stereocenters. The molecule has 2 N–H and O–H groups in total. The smallest absolute Gasteiger partial charge is 0.419 e. The number of aryl methyl sites for hydroxylation is 2.